The van der Waals surface area contributed by atoms with Crippen LogP contribution in [0.2, 0.25) is 0 Å². The Bertz CT molecular complexity index is 764. The Morgan fingerprint density at radius 1 is 1.19 bits per heavy atom. The van der Waals surface area contributed by atoms with Gasteiger partial charge < -0.3 is 10.4 Å². The first-order chi connectivity index (χ1) is 12.1. The first-order valence-electron chi connectivity index (χ1n) is 8.94. The number of carboxylic acids is 1. The average Bonchev–Trinajstić information content (AvgIpc) is 2.54. The smallest absolute Gasteiger partial charge is 0.309 e. The Labute approximate surface area is 154 Å². The van der Waals surface area contributed by atoms with Crippen LogP contribution in [-0.2, 0) is 25.2 Å². The molecule has 0 heterocycles. The normalized spacial score (nSPS) is 16.2. The van der Waals surface area contributed by atoms with Crippen molar-refractivity contribution in [2.24, 2.45) is 5.41 Å². The molecular formula is C19H27NO5S. The quantitative estimate of drug-likeness (QED) is 0.754. The second-order valence-electron chi connectivity index (χ2n) is 7.68. The molecule has 0 radical (unpaired) electrons. The van der Waals surface area contributed by atoms with Gasteiger partial charge in [0.2, 0.25) is 5.91 Å². The molecular weight excluding hydrogens is 354 g/mol. The number of hydrogen-bond donors (Lipinski definition) is 2. The minimum Gasteiger partial charge on any atom is -0.481 e. The van der Waals surface area contributed by atoms with E-state index in [0.29, 0.717) is 11.3 Å². The number of carboxylic acid groups (broad SMARTS) is 1. The van der Waals surface area contributed by atoms with Crippen LogP contribution in [0.25, 0.3) is 0 Å². The molecule has 26 heavy (non-hydrogen) atoms. The Hall–Kier alpha value is -1.89. The topological polar surface area (TPSA) is 101 Å². The first-order valence-corrected chi connectivity index (χ1v) is 10.7. The summed E-state index contributed by atoms with van der Waals surface area (Å²) in [4.78, 5) is 23.2. The zero-order valence-corrected chi connectivity index (χ0v) is 16.1. The van der Waals surface area contributed by atoms with Gasteiger partial charge in [-0.15, -0.1) is 0 Å². The maximum absolute atomic E-state index is 12.6. The third-order valence-corrected chi connectivity index (χ3v) is 7.04. The van der Waals surface area contributed by atoms with Crippen molar-refractivity contribution in [2.45, 2.75) is 63.4 Å². The zero-order valence-electron chi connectivity index (χ0n) is 15.3. The molecule has 1 aliphatic carbocycles. The van der Waals surface area contributed by atoms with E-state index in [-0.39, 0.29) is 17.4 Å². The molecule has 0 aromatic heterocycles. The van der Waals surface area contributed by atoms with Gasteiger partial charge in [0.05, 0.1) is 16.4 Å². The maximum atomic E-state index is 12.6. The SMILES string of the molecule is CC(C)(CC(=O)Nc1cccc(CS(=O)(=O)C2CCCCC2)c1)C(=O)O. The summed E-state index contributed by atoms with van der Waals surface area (Å²) >= 11 is 0. The molecule has 2 rings (SSSR count). The van der Waals surface area contributed by atoms with E-state index in [4.69, 9.17) is 5.11 Å². The molecule has 144 valence electrons. The molecule has 1 aliphatic rings. The molecule has 0 bridgehead atoms. The standard InChI is InChI=1S/C19H27NO5S/c1-19(2,18(22)23)12-17(21)20-15-8-6-7-14(11-15)13-26(24,25)16-9-4-3-5-10-16/h6-8,11,16H,3-5,9-10,12-13H2,1-2H3,(H,20,21)(H,22,23). The van der Waals surface area contributed by atoms with Gasteiger partial charge in [-0.05, 0) is 44.4 Å². The summed E-state index contributed by atoms with van der Waals surface area (Å²) in [7, 11) is -3.21. The molecule has 0 aliphatic heterocycles. The predicted octanol–water partition coefficient (Wildman–Crippen LogP) is 3.37. The molecule has 0 saturated heterocycles. The summed E-state index contributed by atoms with van der Waals surface area (Å²) in [5.41, 5.74) is -0.0511. The highest BCUT2D eigenvalue weighted by Gasteiger charge is 2.30. The fraction of sp³-hybridized carbons (Fsp3) is 0.579. The molecule has 1 aromatic carbocycles. The van der Waals surface area contributed by atoms with Gasteiger partial charge in [0.25, 0.3) is 0 Å². The molecule has 1 aromatic rings. The van der Waals surface area contributed by atoms with E-state index in [1.165, 1.54) is 13.8 Å². The highest BCUT2D eigenvalue weighted by Crippen LogP contribution is 2.27. The average molecular weight is 381 g/mol. The number of nitrogens with one attached hydrogen (secondary N) is 1. The van der Waals surface area contributed by atoms with Crippen LogP contribution in [0, 0.1) is 5.41 Å². The maximum Gasteiger partial charge on any atom is 0.309 e. The summed E-state index contributed by atoms with van der Waals surface area (Å²) in [6.07, 6.45) is 4.30. The number of anilines is 1. The van der Waals surface area contributed by atoms with Crippen molar-refractivity contribution >= 4 is 27.4 Å². The van der Waals surface area contributed by atoms with Crippen LogP contribution in [0.1, 0.15) is 57.9 Å². The second-order valence-corrected chi connectivity index (χ2v) is 9.96. The zero-order chi connectivity index (χ0) is 19.4. The largest absolute Gasteiger partial charge is 0.481 e. The lowest BCUT2D eigenvalue weighted by Gasteiger charge is -2.22. The lowest BCUT2D eigenvalue weighted by molar-refractivity contribution is -0.148. The van der Waals surface area contributed by atoms with Gasteiger partial charge in [0.15, 0.2) is 9.84 Å². The Morgan fingerprint density at radius 2 is 1.85 bits per heavy atom. The van der Waals surface area contributed by atoms with E-state index < -0.39 is 27.1 Å². The van der Waals surface area contributed by atoms with Gasteiger partial charge in [0, 0.05) is 12.1 Å². The van der Waals surface area contributed by atoms with Gasteiger partial charge >= 0.3 is 5.97 Å². The molecule has 1 amide bonds. The van der Waals surface area contributed by atoms with Gasteiger partial charge in [-0.25, -0.2) is 8.42 Å². The molecule has 0 spiro atoms. The predicted molar refractivity (Wildman–Crippen MR) is 101 cm³/mol. The van der Waals surface area contributed by atoms with Crippen LogP contribution in [0.5, 0.6) is 0 Å². The van der Waals surface area contributed by atoms with Crippen LogP contribution in [0.4, 0.5) is 5.69 Å². The highest BCUT2D eigenvalue weighted by atomic mass is 32.2. The van der Waals surface area contributed by atoms with Crippen molar-refractivity contribution in [3.05, 3.63) is 29.8 Å². The molecule has 6 nitrogen and oxygen atoms in total. The minimum atomic E-state index is -3.21. The molecule has 0 atom stereocenters. The highest BCUT2D eigenvalue weighted by molar-refractivity contribution is 7.91. The van der Waals surface area contributed by atoms with E-state index in [1.54, 1.807) is 24.3 Å². The number of rotatable bonds is 7. The van der Waals surface area contributed by atoms with E-state index >= 15 is 0 Å². The lowest BCUT2D eigenvalue weighted by atomic mass is 9.89. The minimum absolute atomic E-state index is 0.0397. The summed E-state index contributed by atoms with van der Waals surface area (Å²) < 4.78 is 25.2. The van der Waals surface area contributed by atoms with Crippen molar-refractivity contribution in [1.29, 1.82) is 0 Å². The molecule has 7 heteroatoms. The van der Waals surface area contributed by atoms with Crippen LogP contribution >= 0.6 is 0 Å². The number of carbonyl (C=O) groups excluding carboxylic acids is 1. The number of hydrogen-bond acceptors (Lipinski definition) is 4. The van der Waals surface area contributed by atoms with Crippen LogP contribution in [-0.4, -0.2) is 30.7 Å². The fourth-order valence-corrected chi connectivity index (χ4v) is 5.13. The van der Waals surface area contributed by atoms with E-state index in [1.807, 2.05) is 0 Å². The molecule has 1 fully saturated rings. The van der Waals surface area contributed by atoms with Gasteiger partial charge in [-0.3, -0.25) is 9.59 Å². The van der Waals surface area contributed by atoms with E-state index in [9.17, 15) is 18.0 Å². The van der Waals surface area contributed by atoms with Crippen LogP contribution in [0.15, 0.2) is 24.3 Å². The molecule has 1 saturated carbocycles. The van der Waals surface area contributed by atoms with Gasteiger partial charge in [-0.2, -0.15) is 0 Å². The van der Waals surface area contributed by atoms with Crippen molar-refractivity contribution in [3.63, 3.8) is 0 Å². The van der Waals surface area contributed by atoms with Crippen LogP contribution in [0.3, 0.4) is 0 Å². The summed E-state index contributed by atoms with van der Waals surface area (Å²) in [6.45, 7) is 2.98. The summed E-state index contributed by atoms with van der Waals surface area (Å²) in [5, 5.41) is 11.5. The number of carbonyl (C=O) groups is 2. The molecule has 2 N–H and O–H groups in total. The van der Waals surface area contributed by atoms with Crippen molar-refractivity contribution < 1.29 is 23.1 Å². The number of sulfone groups is 1. The number of benzene rings is 1. The van der Waals surface area contributed by atoms with Crippen molar-refractivity contribution in [1.82, 2.24) is 0 Å². The Kier molecular flexibility index (Phi) is 6.44. The second kappa shape index (κ2) is 8.20. The number of aliphatic carboxylic acids is 1. The first kappa shape index (κ1) is 20.4. The molecule has 0 unspecified atom stereocenters. The lowest BCUT2D eigenvalue weighted by Crippen LogP contribution is -2.29. The van der Waals surface area contributed by atoms with Gasteiger partial charge in [-0.1, -0.05) is 31.4 Å². The van der Waals surface area contributed by atoms with E-state index in [0.717, 1.165) is 32.1 Å². The van der Waals surface area contributed by atoms with Gasteiger partial charge in [0.1, 0.15) is 0 Å². The Morgan fingerprint density at radius 3 is 2.46 bits per heavy atom. The van der Waals surface area contributed by atoms with Crippen molar-refractivity contribution in [3.8, 4) is 0 Å². The number of amides is 1. The summed E-state index contributed by atoms with van der Waals surface area (Å²) in [5.74, 6) is -1.49. The Balaban J connectivity index is 2.03. The third kappa shape index (κ3) is 5.56. The van der Waals surface area contributed by atoms with Crippen LogP contribution < -0.4 is 5.32 Å². The third-order valence-electron chi connectivity index (χ3n) is 4.82. The monoisotopic (exact) mass is 381 g/mol. The van der Waals surface area contributed by atoms with Crippen molar-refractivity contribution in [2.75, 3.05) is 5.32 Å². The fourth-order valence-electron chi connectivity index (χ4n) is 3.20. The summed E-state index contributed by atoms with van der Waals surface area (Å²) in [6, 6.07) is 6.75. The van der Waals surface area contributed by atoms with E-state index in [2.05, 4.69) is 5.32 Å².